The first kappa shape index (κ1) is 25.1. The number of benzene rings is 2. The molecule has 0 heterocycles. The van der Waals surface area contributed by atoms with Gasteiger partial charge in [-0.2, -0.15) is 0 Å². The summed E-state index contributed by atoms with van der Waals surface area (Å²) in [5, 5.41) is 3.61. The van der Waals surface area contributed by atoms with E-state index in [-0.39, 0.29) is 17.6 Å². The number of hydrogen-bond acceptors (Lipinski definition) is 4. The first-order valence-electron chi connectivity index (χ1n) is 10.3. The average Bonchev–Trinajstić information content (AvgIpc) is 2.75. The first-order valence-corrected chi connectivity index (χ1v) is 11.9. The van der Waals surface area contributed by atoms with E-state index in [0.717, 1.165) is 16.9 Å². The van der Waals surface area contributed by atoms with Gasteiger partial charge in [-0.05, 0) is 48.2 Å². The number of hydrogen-bond donors (Lipinski definition) is 1. The van der Waals surface area contributed by atoms with Crippen LogP contribution in [0.15, 0.2) is 48.5 Å². The van der Waals surface area contributed by atoms with Crippen LogP contribution in [-0.4, -0.2) is 42.2 Å². The molecule has 2 amide bonds. The summed E-state index contributed by atoms with van der Waals surface area (Å²) in [5.74, 6) is 1.78. The second kappa shape index (κ2) is 12.6. The molecule has 0 aliphatic rings. The van der Waals surface area contributed by atoms with Crippen molar-refractivity contribution in [2.45, 2.75) is 39.1 Å². The van der Waals surface area contributed by atoms with Gasteiger partial charge in [0.2, 0.25) is 11.8 Å². The third kappa shape index (κ3) is 8.46. The van der Waals surface area contributed by atoms with Gasteiger partial charge >= 0.3 is 0 Å². The lowest BCUT2D eigenvalue weighted by molar-refractivity contribution is -0.138. The van der Waals surface area contributed by atoms with E-state index in [9.17, 15) is 9.59 Å². The molecule has 0 fully saturated rings. The zero-order valence-electron chi connectivity index (χ0n) is 18.6. The van der Waals surface area contributed by atoms with Gasteiger partial charge in [-0.15, -0.1) is 11.8 Å². The molecule has 1 atom stereocenters. The summed E-state index contributed by atoms with van der Waals surface area (Å²) >= 11 is 7.55. The minimum Gasteiger partial charge on any atom is -0.497 e. The summed E-state index contributed by atoms with van der Waals surface area (Å²) in [6.45, 7) is 6.76. The van der Waals surface area contributed by atoms with Gasteiger partial charge in [0.05, 0.1) is 12.9 Å². The number of ether oxygens (including phenoxy) is 1. The first-order chi connectivity index (χ1) is 14.8. The third-order valence-corrected chi connectivity index (χ3v) is 5.95. The molecular formula is C24H31ClN2O3S. The van der Waals surface area contributed by atoms with Crippen molar-refractivity contribution < 1.29 is 14.3 Å². The highest BCUT2D eigenvalue weighted by Crippen LogP contribution is 2.20. The Kier molecular flexibility index (Phi) is 10.2. The van der Waals surface area contributed by atoms with Crippen LogP contribution < -0.4 is 10.1 Å². The molecule has 0 spiro atoms. The Morgan fingerprint density at radius 3 is 2.48 bits per heavy atom. The quantitative estimate of drug-likeness (QED) is 0.522. The largest absolute Gasteiger partial charge is 0.497 e. The minimum atomic E-state index is -0.579. The molecule has 5 nitrogen and oxygen atoms in total. The predicted octanol–water partition coefficient (Wildman–Crippen LogP) is 4.77. The van der Waals surface area contributed by atoms with E-state index in [0.29, 0.717) is 29.8 Å². The van der Waals surface area contributed by atoms with Gasteiger partial charge in [-0.3, -0.25) is 9.59 Å². The van der Waals surface area contributed by atoms with Gasteiger partial charge in [0.15, 0.2) is 0 Å². The summed E-state index contributed by atoms with van der Waals surface area (Å²) in [5.41, 5.74) is 1.98. The molecule has 1 N–H and O–H groups in total. The number of nitrogens with one attached hydrogen (secondary N) is 1. The number of methoxy groups -OCH3 is 1. The van der Waals surface area contributed by atoms with Crippen LogP contribution in [0.2, 0.25) is 5.02 Å². The van der Waals surface area contributed by atoms with E-state index >= 15 is 0 Å². The fourth-order valence-electron chi connectivity index (χ4n) is 2.97. The van der Waals surface area contributed by atoms with Gasteiger partial charge in [0, 0.05) is 23.9 Å². The summed E-state index contributed by atoms with van der Waals surface area (Å²) in [6, 6.07) is 14.6. The Bertz CT molecular complexity index is 875. The molecule has 0 bridgehead atoms. The van der Waals surface area contributed by atoms with Crippen molar-refractivity contribution in [1.82, 2.24) is 10.2 Å². The number of thioether (sulfide) groups is 1. The fraction of sp³-hybridized carbons (Fsp3) is 0.417. The monoisotopic (exact) mass is 462 g/mol. The Labute approximate surface area is 194 Å². The van der Waals surface area contributed by atoms with Crippen LogP contribution in [0.1, 0.15) is 31.9 Å². The Morgan fingerprint density at radius 1 is 1.10 bits per heavy atom. The molecule has 7 heteroatoms. The predicted molar refractivity (Wildman–Crippen MR) is 128 cm³/mol. The SMILES string of the molecule is COc1cccc(CN(C(=O)CSCc2cccc(Cl)c2)[C@H](C)C(=O)NCC(C)C)c1. The Morgan fingerprint density at radius 2 is 1.81 bits per heavy atom. The van der Waals surface area contributed by atoms with Crippen LogP contribution in [0.3, 0.4) is 0 Å². The van der Waals surface area contributed by atoms with Crippen LogP contribution in [0, 0.1) is 5.92 Å². The Balaban J connectivity index is 2.08. The summed E-state index contributed by atoms with van der Waals surface area (Å²) in [6.07, 6.45) is 0. The van der Waals surface area contributed by atoms with Gasteiger partial charge < -0.3 is 15.0 Å². The van der Waals surface area contributed by atoms with Crippen LogP contribution >= 0.6 is 23.4 Å². The fourth-order valence-corrected chi connectivity index (χ4v) is 4.04. The highest BCUT2D eigenvalue weighted by atomic mass is 35.5. The van der Waals surface area contributed by atoms with Crippen molar-refractivity contribution in [1.29, 1.82) is 0 Å². The number of rotatable bonds is 11. The molecule has 2 aromatic carbocycles. The lowest BCUT2D eigenvalue weighted by Crippen LogP contribution is -2.48. The molecule has 0 radical (unpaired) electrons. The lowest BCUT2D eigenvalue weighted by atomic mass is 10.1. The smallest absolute Gasteiger partial charge is 0.242 e. The molecule has 0 saturated carbocycles. The summed E-state index contributed by atoms with van der Waals surface area (Å²) in [7, 11) is 1.61. The molecule has 0 unspecified atom stereocenters. The third-order valence-electron chi connectivity index (χ3n) is 4.72. The van der Waals surface area contributed by atoms with E-state index in [4.69, 9.17) is 16.3 Å². The van der Waals surface area contributed by atoms with Crippen LogP contribution in [0.4, 0.5) is 0 Å². The van der Waals surface area contributed by atoms with E-state index in [2.05, 4.69) is 5.32 Å². The van der Waals surface area contributed by atoms with Gasteiger partial charge in [-0.1, -0.05) is 49.7 Å². The maximum atomic E-state index is 13.1. The topological polar surface area (TPSA) is 58.6 Å². The van der Waals surface area contributed by atoms with Gasteiger partial charge in [0.1, 0.15) is 11.8 Å². The van der Waals surface area contributed by atoms with Crippen molar-refractivity contribution in [3.8, 4) is 5.75 Å². The molecule has 168 valence electrons. The summed E-state index contributed by atoms with van der Waals surface area (Å²) < 4.78 is 5.30. The van der Waals surface area contributed by atoms with Crippen molar-refractivity contribution in [2.75, 3.05) is 19.4 Å². The number of carbonyl (C=O) groups excluding carboxylic acids is 2. The van der Waals surface area contributed by atoms with Crippen LogP contribution in [0.5, 0.6) is 5.75 Å². The van der Waals surface area contributed by atoms with Crippen molar-refractivity contribution in [2.24, 2.45) is 5.92 Å². The zero-order valence-corrected chi connectivity index (χ0v) is 20.1. The maximum Gasteiger partial charge on any atom is 0.242 e. The zero-order chi connectivity index (χ0) is 22.8. The second-order valence-corrected chi connectivity index (χ2v) is 9.23. The van der Waals surface area contributed by atoms with Crippen LogP contribution in [-0.2, 0) is 21.9 Å². The van der Waals surface area contributed by atoms with Crippen LogP contribution in [0.25, 0.3) is 0 Å². The highest BCUT2D eigenvalue weighted by molar-refractivity contribution is 7.99. The number of amides is 2. The van der Waals surface area contributed by atoms with Crippen molar-refractivity contribution in [3.63, 3.8) is 0 Å². The number of carbonyl (C=O) groups is 2. The number of nitrogens with zero attached hydrogens (tertiary/aromatic N) is 1. The molecule has 2 aromatic rings. The minimum absolute atomic E-state index is 0.0814. The van der Waals surface area contributed by atoms with E-state index in [1.807, 2.05) is 62.4 Å². The molecule has 0 aliphatic carbocycles. The van der Waals surface area contributed by atoms with E-state index in [1.165, 1.54) is 11.8 Å². The molecule has 0 aromatic heterocycles. The van der Waals surface area contributed by atoms with Gasteiger partial charge in [-0.25, -0.2) is 0 Å². The van der Waals surface area contributed by atoms with E-state index < -0.39 is 6.04 Å². The maximum absolute atomic E-state index is 13.1. The molecule has 0 saturated heterocycles. The van der Waals surface area contributed by atoms with Crippen molar-refractivity contribution >= 4 is 35.2 Å². The summed E-state index contributed by atoms with van der Waals surface area (Å²) in [4.78, 5) is 27.4. The number of halogens is 1. The highest BCUT2D eigenvalue weighted by Gasteiger charge is 2.26. The molecule has 2 rings (SSSR count). The second-order valence-electron chi connectivity index (χ2n) is 7.81. The standard InChI is InChI=1S/C24H31ClN2O3S/c1-17(2)13-26-24(29)18(3)27(14-19-7-6-10-22(12-19)30-4)23(28)16-31-15-20-8-5-9-21(25)11-20/h5-12,17-18H,13-16H2,1-4H3,(H,26,29)/t18-/m1/s1. The average molecular weight is 463 g/mol. The molecule has 31 heavy (non-hydrogen) atoms. The normalized spacial score (nSPS) is 11.8. The molecular weight excluding hydrogens is 432 g/mol. The van der Waals surface area contributed by atoms with Crippen molar-refractivity contribution in [3.05, 3.63) is 64.7 Å². The molecule has 0 aliphatic heterocycles. The van der Waals surface area contributed by atoms with Gasteiger partial charge in [0.25, 0.3) is 0 Å². The lowest BCUT2D eigenvalue weighted by Gasteiger charge is -2.29. The van der Waals surface area contributed by atoms with E-state index in [1.54, 1.807) is 18.9 Å². The Hall–Kier alpha value is -2.18.